The molecule has 0 heterocycles. The van der Waals surface area contributed by atoms with Crippen molar-refractivity contribution in [2.24, 2.45) is 5.84 Å². The van der Waals surface area contributed by atoms with Gasteiger partial charge in [-0.25, -0.2) is 5.43 Å². The summed E-state index contributed by atoms with van der Waals surface area (Å²) < 4.78 is 6.72. The summed E-state index contributed by atoms with van der Waals surface area (Å²) in [5.74, 6) is 6.63. The minimum Gasteiger partial charge on any atom is -0.491 e. The highest BCUT2D eigenvalue weighted by atomic mass is 79.9. The third-order valence-corrected chi connectivity index (χ3v) is 3.91. The molecule has 0 aliphatic carbocycles. The molecule has 0 aliphatic rings. The summed E-state index contributed by atoms with van der Waals surface area (Å²) >= 11 is 3.61. The molecule has 3 nitrogen and oxygen atoms in total. The summed E-state index contributed by atoms with van der Waals surface area (Å²) in [6, 6.07) is 14.2. The molecule has 0 aromatic heterocycles. The van der Waals surface area contributed by atoms with Crippen LogP contribution in [-0.2, 0) is 0 Å². The summed E-state index contributed by atoms with van der Waals surface area (Å²) in [5.41, 5.74) is 6.30. The molecule has 0 saturated carbocycles. The molecule has 0 amide bonds. The Morgan fingerprint density at radius 3 is 2.29 bits per heavy atom. The molecule has 3 N–H and O–H groups in total. The first-order valence-corrected chi connectivity index (χ1v) is 7.79. The number of aryl methyl sites for hydroxylation is 1. The molecule has 0 saturated heterocycles. The van der Waals surface area contributed by atoms with Gasteiger partial charge in [0.15, 0.2) is 0 Å². The lowest BCUT2D eigenvalue weighted by atomic mass is 9.98. The van der Waals surface area contributed by atoms with E-state index < -0.39 is 0 Å². The van der Waals surface area contributed by atoms with Crippen LogP contribution in [0.1, 0.15) is 36.6 Å². The highest BCUT2D eigenvalue weighted by Crippen LogP contribution is 2.30. The zero-order chi connectivity index (χ0) is 15.4. The second kappa shape index (κ2) is 7.07. The van der Waals surface area contributed by atoms with Crippen LogP contribution in [0.4, 0.5) is 0 Å². The van der Waals surface area contributed by atoms with E-state index in [0.29, 0.717) is 0 Å². The quantitative estimate of drug-likeness (QED) is 0.631. The van der Waals surface area contributed by atoms with Gasteiger partial charge >= 0.3 is 0 Å². The molecular formula is C17H21BrN2O. The lowest BCUT2D eigenvalue weighted by Crippen LogP contribution is -2.29. The zero-order valence-electron chi connectivity index (χ0n) is 12.6. The maximum Gasteiger partial charge on any atom is 0.119 e. The van der Waals surface area contributed by atoms with E-state index in [9.17, 15) is 0 Å². The predicted molar refractivity (Wildman–Crippen MR) is 90.3 cm³/mol. The first-order valence-electron chi connectivity index (χ1n) is 7.00. The van der Waals surface area contributed by atoms with Crippen LogP contribution < -0.4 is 16.0 Å². The fraction of sp³-hybridized carbons (Fsp3) is 0.294. The van der Waals surface area contributed by atoms with Crippen LogP contribution >= 0.6 is 15.9 Å². The third kappa shape index (κ3) is 4.06. The SMILES string of the molecule is Cc1ccc(C(NN)c2ccc(OC(C)C)cc2)c(Br)c1. The second-order valence-electron chi connectivity index (χ2n) is 5.36. The lowest BCUT2D eigenvalue weighted by Gasteiger charge is -2.19. The van der Waals surface area contributed by atoms with Crippen molar-refractivity contribution >= 4 is 15.9 Å². The first-order chi connectivity index (χ1) is 10.0. The van der Waals surface area contributed by atoms with Crippen molar-refractivity contribution in [1.29, 1.82) is 0 Å². The van der Waals surface area contributed by atoms with Gasteiger partial charge in [0, 0.05) is 4.47 Å². The third-order valence-electron chi connectivity index (χ3n) is 3.22. The van der Waals surface area contributed by atoms with Gasteiger partial charge < -0.3 is 4.74 Å². The molecule has 112 valence electrons. The minimum absolute atomic E-state index is 0.0620. The van der Waals surface area contributed by atoms with Crippen molar-refractivity contribution in [2.45, 2.75) is 32.9 Å². The van der Waals surface area contributed by atoms with Crippen LogP contribution in [-0.4, -0.2) is 6.10 Å². The fourth-order valence-corrected chi connectivity index (χ4v) is 2.97. The van der Waals surface area contributed by atoms with E-state index in [4.69, 9.17) is 10.6 Å². The average Bonchev–Trinajstić information content (AvgIpc) is 2.43. The van der Waals surface area contributed by atoms with Gasteiger partial charge in [-0.1, -0.05) is 40.2 Å². The minimum atomic E-state index is -0.0620. The van der Waals surface area contributed by atoms with Crippen LogP contribution in [0, 0.1) is 6.92 Å². The number of nitrogens with two attached hydrogens (primary N) is 1. The molecule has 2 aromatic carbocycles. The van der Waals surface area contributed by atoms with Crippen molar-refractivity contribution < 1.29 is 4.74 Å². The molecule has 2 rings (SSSR count). The fourth-order valence-electron chi connectivity index (χ4n) is 2.24. The second-order valence-corrected chi connectivity index (χ2v) is 6.21. The summed E-state index contributed by atoms with van der Waals surface area (Å²) in [4.78, 5) is 0. The van der Waals surface area contributed by atoms with Crippen molar-refractivity contribution in [2.75, 3.05) is 0 Å². The van der Waals surface area contributed by atoms with Crippen molar-refractivity contribution in [3.63, 3.8) is 0 Å². The Labute approximate surface area is 134 Å². The maximum atomic E-state index is 5.76. The summed E-state index contributed by atoms with van der Waals surface area (Å²) in [6.07, 6.45) is 0.172. The highest BCUT2D eigenvalue weighted by Gasteiger charge is 2.15. The van der Waals surface area contributed by atoms with Gasteiger partial charge in [0.05, 0.1) is 12.1 Å². The number of hydrogen-bond acceptors (Lipinski definition) is 3. The van der Waals surface area contributed by atoms with Gasteiger partial charge in [-0.2, -0.15) is 0 Å². The molecule has 0 aliphatic heterocycles. The Morgan fingerprint density at radius 1 is 1.10 bits per heavy atom. The van der Waals surface area contributed by atoms with Crippen LogP contribution in [0.3, 0.4) is 0 Å². The maximum absolute atomic E-state index is 5.76. The van der Waals surface area contributed by atoms with E-state index in [1.165, 1.54) is 5.56 Å². The summed E-state index contributed by atoms with van der Waals surface area (Å²) in [5, 5.41) is 0. The van der Waals surface area contributed by atoms with Crippen LogP contribution in [0.15, 0.2) is 46.9 Å². The molecule has 0 spiro atoms. The van der Waals surface area contributed by atoms with Crippen LogP contribution in [0.2, 0.25) is 0 Å². The largest absolute Gasteiger partial charge is 0.491 e. The summed E-state index contributed by atoms with van der Waals surface area (Å²) in [6.45, 7) is 6.10. The van der Waals surface area contributed by atoms with E-state index in [1.807, 2.05) is 38.1 Å². The monoisotopic (exact) mass is 348 g/mol. The molecular weight excluding hydrogens is 328 g/mol. The Morgan fingerprint density at radius 2 is 1.76 bits per heavy atom. The lowest BCUT2D eigenvalue weighted by molar-refractivity contribution is 0.242. The van der Waals surface area contributed by atoms with Gasteiger partial charge in [-0.3, -0.25) is 5.84 Å². The Bertz CT molecular complexity index is 596. The van der Waals surface area contributed by atoms with Crippen molar-refractivity contribution in [3.8, 4) is 5.75 Å². The van der Waals surface area contributed by atoms with Gasteiger partial charge in [0.1, 0.15) is 5.75 Å². The molecule has 0 radical (unpaired) electrons. The van der Waals surface area contributed by atoms with E-state index in [0.717, 1.165) is 21.3 Å². The number of rotatable bonds is 5. The van der Waals surface area contributed by atoms with Gasteiger partial charge in [-0.05, 0) is 55.7 Å². The van der Waals surface area contributed by atoms with Crippen LogP contribution in [0.25, 0.3) is 0 Å². The van der Waals surface area contributed by atoms with Gasteiger partial charge in [0.25, 0.3) is 0 Å². The van der Waals surface area contributed by atoms with Gasteiger partial charge in [0.2, 0.25) is 0 Å². The van der Waals surface area contributed by atoms with Gasteiger partial charge in [-0.15, -0.1) is 0 Å². The van der Waals surface area contributed by atoms with E-state index in [2.05, 4.69) is 46.5 Å². The zero-order valence-corrected chi connectivity index (χ0v) is 14.1. The van der Waals surface area contributed by atoms with E-state index in [1.54, 1.807) is 0 Å². The Balaban J connectivity index is 2.28. The molecule has 1 unspecified atom stereocenters. The Kier molecular flexibility index (Phi) is 5.39. The number of ether oxygens (including phenoxy) is 1. The summed E-state index contributed by atoms with van der Waals surface area (Å²) in [7, 11) is 0. The molecule has 2 aromatic rings. The normalized spacial score (nSPS) is 12.5. The molecule has 21 heavy (non-hydrogen) atoms. The number of hydrazine groups is 1. The molecule has 4 heteroatoms. The van der Waals surface area contributed by atoms with E-state index >= 15 is 0 Å². The first kappa shape index (κ1) is 16.0. The number of nitrogens with one attached hydrogen (secondary N) is 1. The Hall–Kier alpha value is -1.36. The topological polar surface area (TPSA) is 47.3 Å². The van der Waals surface area contributed by atoms with E-state index in [-0.39, 0.29) is 12.1 Å². The standard InChI is InChI=1S/C17H21BrN2O/c1-11(2)21-14-7-5-13(6-8-14)17(20-19)15-9-4-12(3)10-16(15)18/h4-11,17,20H,19H2,1-3H3. The van der Waals surface area contributed by atoms with Crippen molar-refractivity contribution in [3.05, 3.63) is 63.6 Å². The molecule has 0 bridgehead atoms. The average molecular weight is 349 g/mol. The number of hydrogen-bond donors (Lipinski definition) is 2. The predicted octanol–water partition coefficient (Wildman–Crippen LogP) is 4.10. The van der Waals surface area contributed by atoms with Crippen LogP contribution in [0.5, 0.6) is 5.75 Å². The number of benzene rings is 2. The molecule has 1 atom stereocenters. The molecule has 0 fully saturated rings. The smallest absolute Gasteiger partial charge is 0.119 e. The van der Waals surface area contributed by atoms with Crippen molar-refractivity contribution in [1.82, 2.24) is 5.43 Å². The highest BCUT2D eigenvalue weighted by molar-refractivity contribution is 9.10. The number of halogens is 1.